The van der Waals surface area contributed by atoms with E-state index in [0.29, 0.717) is 0 Å². The van der Waals surface area contributed by atoms with Crippen LogP contribution in [0.15, 0.2) is 253 Å². The van der Waals surface area contributed by atoms with Gasteiger partial charge in [0.2, 0.25) is 0 Å². The number of para-hydroxylation sites is 3. The zero-order valence-corrected chi connectivity index (χ0v) is 34.5. The van der Waals surface area contributed by atoms with Crippen molar-refractivity contribution in [2.24, 2.45) is 0 Å². The van der Waals surface area contributed by atoms with Gasteiger partial charge in [0.15, 0.2) is 0 Å². The number of anilines is 3. The first-order valence-electron chi connectivity index (χ1n) is 21.7. The Kier molecular flexibility index (Phi) is 8.76. The Balaban J connectivity index is 1.12. The van der Waals surface area contributed by atoms with Gasteiger partial charge >= 0.3 is 0 Å². The second-order valence-corrected chi connectivity index (χ2v) is 16.4. The second-order valence-electron chi connectivity index (χ2n) is 16.4. The maximum atomic E-state index is 6.62. The molecule has 10 aromatic carbocycles. The summed E-state index contributed by atoms with van der Waals surface area (Å²) in [5.41, 5.74) is 18.8. The van der Waals surface area contributed by atoms with Crippen LogP contribution in [0.25, 0.3) is 66.4 Å². The molecule has 296 valence electrons. The highest BCUT2D eigenvalue weighted by Gasteiger charge is 2.47. The lowest BCUT2D eigenvalue weighted by atomic mass is 9.68. The Morgan fingerprint density at radius 2 is 0.857 bits per heavy atom. The van der Waals surface area contributed by atoms with Gasteiger partial charge in [0.25, 0.3) is 0 Å². The number of hydrogen-bond donors (Lipinski definition) is 0. The molecular weight excluding hydrogens is 763 g/mol. The molecule has 0 aliphatic heterocycles. The summed E-state index contributed by atoms with van der Waals surface area (Å²) in [7, 11) is 0. The van der Waals surface area contributed by atoms with Crippen molar-refractivity contribution in [2.45, 2.75) is 5.41 Å². The van der Waals surface area contributed by atoms with Gasteiger partial charge in [-0.3, -0.25) is 0 Å². The smallest absolute Gasteiger partial charge is 0.143 e. The average Bonchev–Trinajstić information content (AvgIpc) is 3.90. The van der Waals surface area contributed by atoms with Gasteiger partial charge in [0.05, 0.1) is 16.8 Å². The maximum Gasteiger partial charge on any atom is 0.143 e. The highest BCUT2D eigenvalue weighted by molar-refractivity contribution is 6.10. The minimum Gasteiger partial charge on any atom is -0.455 e. The molecule has 0 amide bonds. The van der Waals surface area contributed by atoms with Crippen molar-refractivity contribution in [3.05, 3.63) is 271 Å². The van der Waals surface area contributed by atoms with Gasteiger partial charge in [-0.2, -0.15) is 0 Å². The lowest BCUT2D eigenvalue weighted by Gasteiger charge is -2.34. The maximum absolute atomic E-state index is 6.62. The molecule has 1 aliphatic rings. The van der Waals surface area contributed by atoms with Crippen LogP contribution < -0.4 is 4.90 Å². The van der Waals surface area contributed by atoms with E-state index in [1.165, 1.54) is 44.5 Å². The number of hydrogen-bond acceptors (Lipinski definition) is 2. The van der Waals surface area contributed by atoms with Crippen LogP contribution in [-0.2, 0) is 5.41 Å². The van der Waals surface area contributed by atoms with Crippen LogP contribution >= 0.6 is 0 Å². The number of rotatable bonds is 8. The van der Waals surface area contributed by atoms with E-state index in [9.17, 15) is 0 Å². The Hall–Kier alpha value is -8.20. The van der Waals surface area contributed by atoms with Gasteiger partial charge in [0.1, 0.15) is 11.2 Å². The van der Waals surface area contributed by atoms with E-state index in [1.54, 1.807) is 0 Å². The highest BCUT2D eigenvalue weighted by atomic mass is 16.3. The zero-order chi connectivity index (χ0) is 41.7. The van der Waals surface area contributed by atoms with Crippen LogP contribution in [0, 0.1) is 0 Å². The van der Waals surface area contributed by atoms with Gasteiger partial charge in [-0.05, 0) is 80.4 Å². The summed E-state index contributed by atoms with van der Waals surface area (Å²) in [6.07, 6.45) is 0. The van der Waals surface area contributed by atoms with Gasteiger partial charge in [0, 0.05) is 33.2 Å². The van der Waals surface area contributed by atoms with Crippen LogP contribution in [0.2, 0.25) is 0 Å². The highest BCUT2D eigenvalue weighted by Crippen LogP contribution is 2.60. The summed E-state index contributed by atoms with van der Waals surface area (Å²) in [6.45, 7) is 0. The standard InChI is InChI=1S/C61H41NO/c1-4-19-42(20-5-1)43-37-39-44(40-38-43)49-27-11-14-34-56(49)62(48-26-16-21-45(41-48)50-30-17-31-52-51-28-12-15-36-58(51)63-60(50)52)57-35-18-33-55-59(57)53-29-10-13-32-54(53)61(55,46-22-6-2-7-23-46)47-24-8-3-9-25-47/h1-41H. The van der Waals surface area contributed by atoms with E-state index >= 15 is 0 Å². The third-order valence-electron chi connectivity index (χ3n) is 13.0. The molecule has 12 rings (SSSR count). The van der Waals surface area contributed by atoms with E-state index in [-0.39, 0.29) is 0 Å². The van der Waals surface area contributed by atoms with Crippen molar-refractivity contribution >= 4 is 39.0 Å². The van der Waals surface area contributed by atoms with E-state index in [2.05, 4.69) is 248 Å². The van der Waals surface area contributed by atoms with Crippen molar-refractivity contribution in [3.8, 4) is 44.5 Å². The number of fused-ring (bicyclic) bond motifs is 6. The topological polar surface area (TPSA) is 16.4 Å². The van der Waals surface area contributed by atoms with Crippen LogP contribution in [0.3, 0.4) is 0 Å². The minimum absolute atomic E-state index is 0.540. The first-order valence-corrected chi connectivity index (χ1v) is 21.7. The van der Waals surface area contributed by atoms with Gasteiger partial charge < -0.3 is 9.32 Å². The molecule has 1 aromatic heterocycles. The summed E-state index contributed by atoms with van der Waals surface area (Å²) >= 11 is 0. The molecule has 1 heterocycles. The zero-order valence-electron chi connectivity index (χ0n) is 34.5. The molecule has 2 heteroatoms. The number of nitrogens with zero attached hydrogens (tertiary/aromatic N) is 1. The Bertz CT molecular complexity index is 3400. The van der Waals surface area contributed by atoms with Gasteiger partial charge in [-0.15, -0.1) is 0 Å². The quantitative estimate of drug-likeness (QED) is 0.152. The predicted molar refractivity (Wildman–Crippen MR) is 262 cm³/mol. The van der Waals surface area contributed by atoms with Gasteiger partial charge in [-0.1, -0.05) is 218 Å². The van der Waals surface area contributed by atoms with Crippen LogP contribution in [0.4, 0.5) is 17.1 Å². The molecule has 0 radical (unpaired) electrons. The minimum atomic E-state index is -0.540. The molecule has 0 unspecified atom stereocenters. The van der Waals surface area contributed by atoms with E-state index in [4.69, 9.17) is 4.42 Å². The van der Waals surface area contributed by atoms with Gasteiger partial charge in [-0.25, -0.2) is 0 Å². The first-order chi connectivity index (χ1) is 31.3. The lowest BCUT2D eigenvalue weighted by molar-refractivity contribution is 0.670. The summed E-state index contributed by atoms with van der Waals surface area (Å²) < 4.78 is 6.62. The molecule has 0 fully saturated rings. The second kappa shape index (κ2) is 15.1. The number of benzene rings is 10. The Morgan fingerprint density at radius 1 is 0.333 bits per heavy atom. The summed E-state index contributed by atoms with van der Waals surface area (Å²) in [6, 6.07) is 90.3. The van der Waals surface area contributed by atoms with Crippen LogP contribution in [-0.4, -0.2) is 0 Å². The van der Waals surface area contributed by atoms with E-state index < -0.39 is 5.41 Å². The largest absolute Gasteiger partial charge is 0.455 e. The molecule has 0 atom stereocenters. The molecule has 0 N–H and O–H groups in total. The summed E-state index contributed by atoms with van der Waals surface area (Å²) in [5.74, 6) is 0. The van der Waals surface area contributed by atoms with Crippen molar-refractivity contribution in [1.29, 1.82) is 0 Å². The van der Waals surface area contributed by atoms with Crippen molar-refractivity contribution in [1.82, 2.24) is 0 Å². The molecule has 1 aliphatic carbocycles. The summed E-state index contributed by atoms with van der Waals surface area (Å²) in [4.78, 5) is 2.49. The SMILES string of the molecule is c1ccc(-c2ccc(-c3ccccc3N(c3cccc(-c4cccc5c4oc4ccccc45)c3)c3cccc4c3-c3ccccc3C4(c3ccccc3)c3ccccc3)cc2)cc1. The molecule has 0 spiro atoms. The van der Waals surface area contributed by atoms with Crippen molar-refractivity contribution in [3.63, 3.8) is 0 Å². The molecule has 63 heavy (non-hydrogen) atoms. The molecule has 0 saturated carbocycles. The first kappa shape index (κ1) is 36.6. The normalized spacial score (nSPS) is 12.6. The van der Waals surface area contributed by atoms with Crippen molar-refractivity contribution in [2.75, 3.05) is 4.90 Å². The summed E-state index contributed by atoms with van der Waals surface area (Å²) in [5, 5.41) is 2.24. The predicted octanol–water partition coefficient (Wildman–Crippen LogP) is 16.4. The lowest BCUT2D eigenvalue weighted by Crippen LogP contribution is -2.28. The molecular formula is C61H41NO. The Labute approximate surface area is 367 Å². The van der Waals surface area contributed by atoms with Crippen LogP contribution in [0.1, 0.15) is 22.3 Å². The fraction of sp³-hybridized carbons (Fsp3) is 0.0164. The van der Waals surface area contributed by atoms with Crippen LogP contribution in [0.5, 0.6) is 0 Å². The molecule has 11 aromatic rings. The number of furan rings is 1. The molecule has 2 nitrogen and oxygen atoms in total. The molecule has 0 bridgehead atoms. The third kappa shape index (κ3) is 5.87. The van der Waals surface area contributed by atoms with E-state index in [0.717, 1.165) is 61.3 Å². The fourth-order valence-electron chi connectivity index (χ4n) is 10.2. The third-order valence-corrected chi connectivity index (χ3v) is 13.0. The molecule has 0 saturated heterocycles. The fourth-order valence-corrected chi connectivity index (χ4v) is 10.2. The van der Waals surface area contributed by atoms with E-state index in [1.807, 2.05) is 6.07 Å². The van der Waals surface area contributed by atoms with Crippen molar-refractivity contribution < 1.29 is 4.42 Å². The monoisotopic (exact) mass is 803 g/mol. The average molecular weight is 804 g/mol. The Morgan fingerprint density at radius 3 is 1.63 bits per heavy atom.